The van der Waals surface area contributed by atoms with Gasteiger partial charge in [-0.3, -0.25) is 9.36 Å². The third-order valence-corrected chi connectivity index (χ3v) is 6.90. The van der Waals surface area contributed by atoms with Gasteiger partial charge in [0, 0.05) is 0 Å². The Hall–Kier alpha value is -3.45. The number of methoxy groups -OCH3 is 1. The molecule has 0 N–H and O–H groups in total. The van der Waals surface area contributed by atoms with Gasteiger partial charge >= 0.3 is 5.97 Å². The van der Waals surface area contributed by atoms with E-state index in [4.69, 9.17) is 9.47 Å². The molecule has 0 saturated heterocycles. The van der Waals surface area contributed by atoms with Gasteiger partial charge in [0.25, 0.3) is 5.56 Å². The molecule has 182 valence electrons. The molecule has 0 saturated carbocycles. The molecule has 1 atom stereocenters. The number of hydrogen-bond acceptors (Lipinski definition) is 6. The van der Waals surface area contributed by atoms with Crippen molar-refractivity contribution in [2.24, 2.45) is 4.99 Å². The van der Waals surface area contributed by atoms with Crippen LogP contribution in [0.2, 0.25) is 0 Å². The summed E-state index contributed by atoms with van der Waals surface area (Å²) in [4.78, 5) is 32.0. The van der Waals surface area contributed by atoms with E-state index in [0.717, 1.165) is 11.1 Å². The fraction of sp³-hybridized carbons (Fsp3) is 0.321. The quantitative estimate of drug-likeness (QED) is 0.483. The molecule has 1 aliphatic heterocycles. The lowest BCUT2D eigenvalue weighted by molar-refractivity contribution is -0.143. The van der Waals surface area contributed by atoms with Gasteiger partial charge in [0.05, 0.1) is 35.1 Å². The molecule has 0 aliphatic carbocycles. The minimum atomic E-state index is -0.645. The van der Waals surface area contributed by atoms with Crippen molar-refractivity contribution in [1.29, 1.82) is 0 Å². The molecule has 0 bridgehead atoms. The van der Waals surface area contributed by atoms with Crippen LogP contribution in [0, 0.1) is 0 Å². The summed E-state index contributed by atoms with van der Waals surface area (Å²) in [6.45, 7) is 9.69. The number of fused-ring (bicyclic) bond motifs is 1. The second-order valence-corrected chi connectivity index (χ2v) is 10.1. The number of carbonyl (C=O) groups is 1. The molecule has 0 spiro atoms. The van der Waals surface area contributed by atoms with Crippen molar-refractivity contribution in [3.8, 4) is 5.75 Å². The van der Waals surface area contributed by atoms with Crippen LogP contribution in [0.5, 0.6) is 5.75 Å². The topological polar surface area (TPSA) is 69.9 Å². The van der Waals surface area contributed by atoms with E-state index in [2.05, 4.69) is 31.0 Å². The Balaban J connectivity index is 1.88. The fourth-order valence-corrected chi connectivity index (χ4v) is 5.14. The van der Waals surface area contributed by atoms with Crippen LogP contribution in [0.1, 0.15) is 63.3 Å². The lowest BCUT2D eigenvalue weighted by Gasteiger charge is -2.25. The first kappa shape index (κ1) is 24.7. The second-order valence-electron chi connectivity index (χ2n) is 9.13. The molecule has 2 heterocycles. The minimum Gasteiger partial charge on any atom is -0.497 e. The zero-order chi connectivity index (χ0) is 25.3. The molecule has 4 rings (SSSR count). The summed E-state index contributed by atoms with van der Waals surface area (Å²) >= 11 is 1.32. The van der Waals surface area contributed by atoms with Crippen molar-refractivity contribution in [2.45, 2.75) is 52.7 Å². The number of carbonyl (C=O) groups excluding carboxylic acids is 1. The number of aromatic nitrogens is 1. The van der Waals surface area contributed by atoms with Crippen molar-refractivity contribution in [3.63, 3.8) is 0 Å². The highest BCUT2D eigenvalue weighted by Crippen LogP contribution is 2.31. The summed E-state index contributed by atoms with van der Waals surface area (Å²) in [5, 5.41) is 0. The monoisotopic (exact) mass is 490 g/mol. The standard InChI is InChI=1S/C28H30N2O4S/c1-16(2)20-9-7-19(8-10-20)15-23-26(31)30-25(21-11-13-22(33-6)14-12-21)24(27(32)34-17(3)4)18(5)29-28(30)35-23/h7-17,25H,1-6H3/b23-15-/t25-/m0/s1. The number of esters is 1. The highest BCUT2D eigenvalue weighted by atomic mass is 32.1. The largest absolute Gasteiger partial charge is 0.497 e. The van der Waals surface area contributed by atoms with Crippen LogP contribution >= 0.6 is 11.3 Å². The first-order valence-corrected chi connectivity index (χ1v) is 12.5. The average Bonchev–Trinajstić information content (AvgIpc) is 3.12. The average molecular weight is 491 g/mol. The van der Waals surface area contributed by atoms with Crippen molar-refractivity contribution in [3.05, 3.63) is 96.2 Å². The molecule has 7 heteroatoms. The molecule has 0 unspecified atom stereocenters. The summed E-state index contributed by atoms with van der Waals surface area (Å²) in [7, 11) is 1.60. The predicted octanol–water partition coefficient (Wildman–Crippen LogP) is 4.32. The molecule has 6 nitrogen and oxygen atoms in total. The van der Waals surface area contributed by atoms with Crippen LogP contribution in [0.3, 0.4) is 0 Å². The number of nitrogens with zero attached hydrogens (tertiary/aromatic N) is 2. The van der Waals surface area contributed by atoms with Gasteiger partial charge in [0.15, 0.2) is 4.80 Å². The molecule has 0 radical (unpaired) electrons. The summed E-state index contributed by atoms with van der Waals surface area (Å²) in [6, 6.07) is 14.9. The van der Waals surface area contributed by atoms with E-state index in [9.17, 15) is 9.59 Å². The van der Waals surface area contributed by atoms with Gasteiger partial charge in [-0.05, 0) is 61.6 Å². The maximum Gasteiger partial charge on any atom is 0.338 e. The maximum absolute atomic E-state index is 13.7. The molecule has 35 heavy (non-hydrogen) atoms. The van der Waals surface area contributed by atoms with Gasteiger partial charge in [-0.2, -0.15) is 0 Å². The van der Waals surface area contributed by atoms with E-state index in [1.165, 1.54) is 16.9 Å². The number of rotatable bonds is 6. The smallest absolute Gasteiger partial charge is 0.338 e. The SMILES string of the molecule is COc1ccc([C@H]2C(C(=O)OC(C)C)=C(C)N=c3s/c(=C\c4ccc(C(C)C)cc4)c(=O)n32)cc1. The van der Waals surface area contributed by atoms with Gasteiger partial charge in [0.2, 0.25) is 0 Å². The highest BCUT2D eigenvalue weighted by Gasteiger charge is 2.33. The molecule has 0 amide bonds. The number of allylic oxidation sites excluding steroid dienone is 1. The van der Waals surface area contributed by atoms with E-state index in [0.29, 0.717) is 32.3 Å². The number of hydrogen-bond donors (Lipinski definition) is 0. The molecule has 1 aromatic heterocycles. The third-order valence-electron chi connectivity index (χ3n) is 5.92. The second kappa shape index (κ2) is 10.0. The Morgan fingerprint density at radius 2 is 1.71 bits per heavy atom. The number of ether oxygens (including phenoxy) is 2. The molecular weight excluding hydrogens is 460 g/mol. The number of thiazole rings is 1. The molecule has 0 fully saturated rings. The van der Waals surface area contributed by atoms with Crippen LogP contribution in [-0.2, 0) is 9.53 Å². The van der Waals surface area contributed by atoms with Gasteiger partial charge < -0.3 is 9.47 Å². The fourth-order valence-electron chi connectivity index (χ4n) is 4.09. The lowest BCUT2D eigenvalue weighted by atomic mass is 9.96. The Morgan fingerprint density at radius 3 is 2.29 bits per heavy atom. The van der Waals surface area contributed by atoms with Crippen LogP contribution in [-0.4, -0.2) is 23.8 Å². The summed E-state index contributed by atoms with van der Waals surface area (Å²) in [6.07, 6.45) is 1.59. The summed E-state index contributed by atoms with van der Waals surface area (Å²) in [5.74, 6) is 0.657. The maximum atomic E-state index is 13.7. The Bertz CT molecular complexity index is 1440. The van der Waals surface area contributed by atoms with Crippen LogP contribution < -0.4 is 19.6 Å². The highest BCUT2D eigenvalue weighted by molar-refractivity contribution is 7.07. The molecular formula is C28H30N2O4S. The zero-order valence-corrected chi connectivity index (χ0v) is 21.7. The molecule has 1 aliphatic rings. The Kier molecular flexibility index (Phi) is 7.08. The van der Waals surface area contributed by atoms with E-state index < -0.39 is 12.0 Å². The summed E-state index contributed by atoms with van der Waals surface area (Å²) in [5.41, 5.74) is 3.69. The number of benzene rings is 2. The van der Waals surface area contributed by atoms with Gasteiger partial charge in [-0.25, -0.2) is 9.79 Å². The minimum absolute atomic E-state index is 0.190. The van der Waals surface area contributed by atoms with E-state index in [1.54, 1.807) is 32.4 Å². The van der Waals surface area contributed by atoms with Gasteiger partial charge in [0.1, 0.15) is 5.75 Å². The predicted molar refractivity (Wildman–Crippen MR) is 139 cm³/mol. The van der Waals surface area contributed by atoms with E-state index in [-0.39, 0.29) is 11.7 Å². The first-order valence-electron chi connectivity index (χ1n) is 11.7. The molecule has 2 aromatic carbocycles. The van der Waals surface area contributed by atoms with Crippen molar-refractivity contribution in [1.82, 2.24) is 4.57 Å². The van der Waals surface area contributed by atoms with Crippen molar-refractivity contribution >= 4 is 23.4 Å². The normalized spacial score (nSPS) is 15.9. The van der Waals surface area contributed by atoms with E-state index >= 15 is 0 Å². The van der Waals surface area contributed by atoms with Crippen LogP contribution in [0.4, 0.5) is 0 Å². The molecule has 3 aromatic rings. The summed E-state index contributed by atoms with van der Waals surface area (Å²) < 4.78 is 13.0. The van der Waals surface area contributed by atoms with Crippen LogP contribution in [0.25, 0.3) is 6.08 Å². The van der Waals surface area contributed by atoms with E-state index in [1.807, 2.05) is 42.5 Å². The Morgan fingerprint density at radius 1 is 1.06 bits per heavy atom. The van der Waals surface area contributed by atoms with Crippen LogP contribution in [0.15, 0.2) is 69.6 Å². The third kappa shape index (κ3) is 5.00. The zero-order valence-electron chi connectivity index (χ0n) is 20.9. The van der Waals surface area contributed by atoms with Gasteiger partial charge in [-0.15, -0.1) is 0 Å². The first-order chi connectivity index (χ1) is 16.7. The lowest BCUT2D eigenvalue weighted by Crippen LogP contribution is -2.40. The van der Waals surface area contributed by atoms with Crippen molar-refractivity contribution < 1.29 is 14.3 Å². The Labute approximate surface area is 208 Å². The van der Waals surface area contributed by atoms with Gasteiger partial charge in [-0.1, -0.05) is 61.6 Å². The van der Waals surface area contributed by atoms with Crippen molar-refractivity contribution in [2.75, 3.05) is 7.11 Å².